The summed E-state index contributed by atoms with van der Waals surface area (Å²) in [6.45, 7) is 2.41. The van der Waals surface area contributed by atoms with Crippen molar-refractivity contribution < 1.29 is 0 Å². The van der Waals surface area contributed by atoms with E-state index in [1.807, 2.05) is 30.2 Å². The van der Waals surface area contributed by atoms with Gasteiger partial charge >= 0.3 is 0 Å². The molecule has 0 saturated carbocycles. The molecular formula is C11H16N2S. The lowest BCUT2D eigenvalue weighted by molar-refractivity contribution is 0.662. The van der Waals surface area contributed by atoms with E-state index in [-0.39, 0.29) is 0 Å². The summed E-state index contributed by atoms with van der Waals surface area (Å²) >= 11 is 2.02. The molecule has 1 fully saturated rings. The van der Waals surface area contributed by atoms with Gasteiger partial charge in [-0.05, 0) is 42.8 Å². The first-order chi connectivity index (χ1) is 6.95. The summed E-state index contributed by atoms with van der Waals surface area (Å²) in [5, 5.41) is 3.40. The van der Waals surface area contributed by atoms with Crippen LogP contribution in [0.2, 0.25) is 0 Å². The molecule has 0 amide bonds. The molecule has 1 aliphatic rings. The van der Waals surface area contributed by atoms with Crippen LogP contribution in [0.25, 0.3) is 0 Å². The van der Waals surface area contributed by atoms with Gasteiger partial charge in [-0.15, -0.1) is 0 Å². The van der Waals surface area contributed by atoms with Crippen LogP contribution < -0.4 is 5.32 Å². The fourth-order valence-electron chi connectivity index (χ4n) is 1.68. The molecule has 1 N–H and O–H groups in total. The highest BCUT2D eigenvalue weighted by atomic mass is 32.2. The Morgan fingerprint density at radius 3 is 3.29 bits per heavy atom. The van der Waals surface area contributed by atoms with E-state index < -0.39 is 0 Å². The van der Waals surface area contributed by atoms with E-state index in [1.165, 1.54) is 30.8 Å². The second kappa shape index (κ2) is 5.37. The molecule has 1 atom stereocenters. The van der Waals surface area contributed by atoms with E-state index in [2.05, 4.69) is 16.4 Å². The van der Waals surface area contributed by atoms with Gasteiger partial charge in [0.15, 0.2) is 0 Å². The molecule has 1 aromatic rings. The first kappa shape index (κ1) is 9.99. The maximum Gasteiger partial charge on any atom is 0.0308 e. The number of aromatic nitrogens is 1. The van der Waals surface area contributed by atoms with Gasteiger partial charge in [0.25, 0.3) is 0 Å². The topological polar surface area (TPSA) is 24.9 Å². The van der Waals surface area contributed by atoms with Crippen LogP contribution in [-0.4, -0.2) is 23.8 Å². The van der Waals surface area contributed by atoms with Gasteiger partial charge in [0.2, 0.25) is 0 Å². The number of pyridine rings is 1. The molecule has 0 unspecified atom stereocenters. The largest absolute Gasteiger partial charge is 0.316 e. The quantitative estimate of drug-likeness (QED) is 0.818. The van der Waals surface area contributed by atoms with Crippen molar-refractivity contribution in [2.24, 2.45) is 5.92 Å². The standard InChI is InChI=1S/C11H16N2S/c1-2-10(6-12-4-1)8-14-9-11-3-5-13-7-11/h1-2,4,6,11,13H,3,5,7-9H2/t11-/m0/s1. The van der Waals surface area contributed by atoms with Crippen molar-refractivity contribution >= 4 is 11.8 Å². The average molecular weight is 208 g/mol. The summed E-state index contributed by atoms with van der Waals surface area (Å²) in [6.07, 6.45) is 5.13. The Hall–Kier alpha value is -0.540. The van der Waals surface area contributed by atoms with Crippen LogP contribution in [-0.2, 0) is 5.75 Å². The number of rotatable bonds is 4. The Labute approximate surface area is 89.5 Å². The zero-order valence-corrected chi connectivity index (χ0v) is 9.09. The van der Waals surface area contributed by atoms with Gasteiger partial charge in [-0.3, -0.25) is 4.98 Å². The molecule has 2 nitrogen and oxygen atoms in total. The van der Waals surface area contributed by atoms with Crippen LogP contribution in [0.3, 0.4) is 0 Å². The van der Waals surface area contributed by atoms with Crippen LogP contribution in [0.4, 0.5) is 0 Å². The summed E-state index contributed by atoms with van der Waals surface area (Å²) in [4.78, 5) is 4.11. The lowest BCUT2D eigenvalue weighted by Crippen LogP contribution is -2.10. The summed E-state index contributed by atoms with van der Waals surface area (Å²) in [7, 11) is 0. The van der Waals surface area contributed by atoms with Gasteiger partial charge in [-0.1, -0.05) is 6.07 Å². The molecule has 0 spiro atoms. The Bertz CT molecular complexity index is 257. The van der Waals surface area contributed by atoms with Crippen molar-refractivity contribution in [3.05, 3.63) is 30.1 Å². The van der Waals surface area contributed by atoms with Crippen LogP contribution in [0.1, 0.15) is 12.0 Å². The third kappa shape index (κ3) is 3.00. The normalized spacial score (nSPS) is 21.3. The number of nitrogens with zero attached hydrogens (tertiary/aromatic N) is 1. The molecule has 3 heteroatoms. The fourth-order valence-corrected chi connectivity index (χ4v) is 2.83. The van der Waals surface area contributed by atoms with E-state index in [1.54, 1.807) is 0 Å². The lowest BCUT2D eigenvalue weighted by atomic mass is 10.2. The second-order valence-corrected chi connectivity index (χ2v) is 4.77. The van der Waals surface area contributed by atoms with Gasteiger partial charge in [0, 0.05) is 18.1 Å². The zero-order chi connectivity index (χ0) is 9.64. The second-order valence-electron chi connectivity index (χ2n) is 3.74. The average Bonchev–Trinajstić information content (AvgIpc) is 2.72. The Morgan fingerprint density at radius 2 is 2.57 bits per heavy atom. The molecule has 0 aromatic carbocycles. The fraction of sp³-hybridized carbons (Fsp3) is 0.545. The molecule has 2 rings (SSSR count). The molecule has 1 aromatic heterocycles. The first-order valence-corrected chi connectivity index (χ1v) is 6.28. The van der Waals surface area contributed by atoms with Crippen molar-refractivity contribution in [1.82, 2.24) is 10.3 Å². The number of thioether (sulfide) groups is 1. The molecule has 0 radical (unpaired) electrons. The minimum absolute atomic E-state index is 0.886. The number of nitrogens with one attached hydrogen (secondary N) is 1. The highest BCUT2D eigenvalue weighted by molar-refractivity contribution is 7.98. The molecule has 0 aliphatic carbocycles. The molecule has 14 heavy (non-hydrogen) atoms. The van der Waals surface area contributed by atoms with E-state index in [0.717, 1.165) is 11.7 Å². The Morgan fingerprint density at radius 1 is 1.57 bits per heavy atom. The van der Waals surface area contributed by atoms with Crippen molar-refractivity contribution in [3.8, 4) is 0 Å². The predicted octanol–water partition coefficient (Wildman–Crippen LogP) is 1.92. The molecule has 2 heterocycles. The number of hydrogen-bond acceptors (Lipinski definition) is 3. The van der Waals surface area contributed by atoms with Crippen LogP contribution in [0, 0.1) is 5.92 Å². The minimum atomic E-state index is 0.886. The van der Waals surface area contributed by atoms with Crippen molar-refractivity contribution in [2.75, 3.05) is 18.8 Å². The van der Waals surface area contributed by atoms with E-state index in [4.69, 9.17) is 0 Å². The smallest absolute Gasteiger partial charge is 0.0308 e. The van der Waals surface area contributed by atoms with Crippen LogP contribution in [0.15, 0.2) is 24.5 Å². The van der Waals surface area contributed by atoms with Gasteiger partial charge < -0.3 is 5.32 Å². The summed E-state index contributed by atoms with van der Waals surface area (Å²) < 4.78 is 0. The van der Waals surface area contributed by atoms with E-state index >= 15 is 0 Å². The molecule has 76 valence electrons. The van der Waals surface area contributed by atoms with Gasteiger partial charge in [-0.2, -0.15) is 11.8 Å². The molecule has 0 bridgehead atoms. The highest BCUT2D eigenvalue weighted by Crippen LogP contribution is 2.18. The van der Waals surface area contributed by atoms with Crippen molar-refractivity contribution in [2.45, 2.75) is 12.2 Å². The van der Waals surface area contributed by atoms with E-state index in [9.17, 15) is 0 Å². The molecule has 1 aliphatic heterocycles. The van der Waals surface area contributed by atoms with Crippen LogP contribution in [0.5, 0.6) is 0 Å². The summed E-state index contributed by atoms with van der Waals surface area (Å²) in [5.74, 6) is 3.27. The monoisotopic (exact) mass is 208 g/mol. The lowest BCUT2D eigenvalue weighted by Gasteiger charge is -2.06. The minimum Gasteiger partial charge on any atom is -0.316 e. The summed E-state index contributed by atoms with van der Waals surface area (Å²) in [5.41, 5.74) is 1.34. The van der Waals surface area contributed by atoms with Gasteiger partial charge in [-0.25, -0.2) is 0 Å². The predicted molar refractivity (Wildman–Crippen MR) is 61.4 cm³/mol. The maximum absolute atomic E-state index is 4.11. The van der Waals surface area contributed by atoms with Gasteiger partial charge in [0.05, 0.1) is 0 Å². The Balaban J connectivity index is 1.67. The third-order valence-electron chi connectivity index (χ3n) is 2.51. The third-order valence-corrected chi connectivity index (χ3v) is 3.75. The summed E-state index contributed by atoms with van der Waals surface area (Å²) in [6, 6.07) is 4.15. The van der Waals surface area contributed by atoms with E-state index in [0.29, 0.717) is 0 Å². The molecular weight excluding hydrogens is 192 g/mol. The Kier molecular flexibility index (Phi) is 3.83. The van der Waals surface area contributed by atoms with Crippen molar-refractivity contribution in [3.63, 3.8) is 0 Å². The first-order valence-electron chi connectivity index (χ1n) is 5.12. The van der Waals surface area contributed by atoms with Crippen LogP contribution >= 0.6 is 11.8 Å². The number of hydrogen-bond donors (Lipinski definition) is 1. The molecule has 1 saturated heterocycles. The SMILES string of the molecule is c1cncc(CSC[C@H]2CCNC2)c1. The maximum atomic E-state index is 4.11. The highest BCUT2D eigenvalue weighted by Gasteiger charge is 2.13. The zero-order valence-electron chi connectivity index (χ0n) is 8.28. The van der Waals surface area contributed by atoms with Crippen molar-refractivity contribution in [1.29, 1.82) is 0 Å². The van der Waals surface area contributed by atoms with Gasteiger partial charge in [0.1, 0.15) is 0 Å².